The van der Waals surface area contributed by atoms with E-state index in [2.05, 4.69) is 18.8 Å². The van der Waals surface area contributed by atoms with Crippen molar-refractivity contribution in [1.29, 1.82) is 0 Å². The molecular weight excluding hydrogens is 451 g/mol. The molecule has 34 heavy (non-hydrogen) atoms. The van der Waals surface area contributed by atoms with Gasteiger partial charge in [0, 0.05) is 12.1 Å². The fourth-order valence-corrected chi connectivity index (χ4v) is 3.81. The van der Waals surface area contributed by atoms with E-state index >= 15 is 0 Å². The van der Waals surface area contributed by atoms with Gasteiger partial charge in [-0.1, -0.05) is 37.7 Å². The number of furan rings is 1. The fourth-order valence-electron chi connectivity index (χ4n) is 3.81. The summed E-state index contributed by atoms with van der Waals surface area (Å²) in [6.07, 6.45) is 3.78. The summed E-state index contributed by atoms with van der Waals surface area (Å²) in [7, 11) is 0. The lowest BCUT2D eigenvalue weighted by atomic mass is 10.0. The van der Waals surface area contributed by atoms with Crippen LogP contribution >= 0.6 is 0 Å². The Hall–Kier alpha value is -3.53. The van der Waals surface area contributed by atoms with Crippen molar-refractivity contribution in [2.45, 2.75) is 39.5 Å². The molecule has 1 aromatic heterocycles. The molecule has 3 aromatic carbocycles. The molecule has 0 amide bonds. The van der Waals surface area contributed by atoms with E-state index in [1.165, 1.54) is 12.1 Å². The van der Waals surface area contributed by atoms with Gasteiger partial charge in [-0.2, -0.15) is 4.39 Å². The lowest BCUT2D eigenvalue weighted by Gasteiger charge is -2.05. The minimum atomic E-state index is -1.44. The average molecular weight is 472 g/mol. The zero-order chi connectivity index (χ0) is 24.4. The molecule has 4 rings (SSSR count). The van der Waals surface area contributed by atoms with Crippen LogP contribution in [0.4, 0.5) is 22.0 Å². The molecule has 0 saturated carbocycles. The molecule has 0 spiro atoms. The fraction of sp³-hybridized carbons (Fsp3) is 0.259. The smallest absolute Gasteiger partial charge is 0.201 e. The SMILES string of the molecule is CCCCCc1ccc(C#Cc2cc3oc4cc(OCC)c(F)c(F)c4c3c(F)c2F)c(F)c1. The van der Waals surface area contributed by atoms with Gasteiger partial charge < -0.3 is 9.15 Å². The molecule has 176 valence electrons. The molecule has 4 aromatic rings. The van der Waals surface area contributed by atoms with Crippen molar-refractivity contribution >= 4 is 21.9 Å². The van der Waals surface area contributed by atoms with Crippen molar-refractivity contribution < 1.29 is 31.1 Å². The lowest BCUT2D eigenvalue weighted by molar-refractivity contribution is 0.315. The van der Waals surface area contributed by atoms with Gasteiger partial charge in [0.05, 0.1) is 28.5 Å². The van der Waals surface area contributed by atoms with Crippen LogP contribution in [0.25, 0.3) is 21.9 Å². The van der Waals surface area contributed by atoms with Gasteiger partial charge in [-0.25, -0.2) is 17.6 Å². The first-order valence-corrected chi connectivity index (χ1v) is 11.0. The number of rotatable bonds is 6. The third kappa shape index (κ3) is 4.33. The number of aryl methyl sites for hydroxylation is 1. The topological polar surface area (TPSA) is 22.4 Å². The van der Waals surface area contributed by atoms with Gasteiger partial charge in [-0.3, -0.25) is 0 Å². The van der Waals surface area contributed by atoms with Gasteiger partial charge in [0.1, 0.15) is 17.0 Å². The monoisotopic (exact) mass is 472 g/mol. The van der Waals surface area contributed by atoms with E-state index in [0.717, 1.165) is 43.4 Å². The van der Waals surface area contributed by atoms with Crippen LogP contribution < -0.4 is 4.74 Å². The molecule has 2 nitrogen and oxygen atoms in total. The summed E-state index contributed by atoms with van der Waals surface area (Å²) in [6, 6.07) is 6.78. The predicted molar refractivity (Wildman–Crippen MR) is 120 cm³/mol. The molecule has 0 fully saturated rings. The minimum Gasteiger partial charge on any atom is -0.491 e. The van der Waals surface area contributed by atoms with Gasteiger partial charge in [0.25, 0.3) is 0 Å². The third-order valence-corrected chi connectivity index (χ3v) is 5.51. The molecule has 0 saturated heterocycles. The van der Waals surface area contributed by atoms with Crippen LogP contribution in [0, 0.1) is 40.9 Å². The second kappa shape index (κ2) is 9.76. The standard InChI is InChI=1S/C27H21F5O2/c1-3-5-6-7-15-8-9-16(18(28)12-15)10-11-17-13-19-22(26(31)24(17)29)23-20(34-19)14-21(33-4-2)25(30)27(23)32/h8-9,12-14H,3-7H2,1-2H3. The zero-order valence-electron chi connectivity index (χ0n) is 18.6. The van der Waals surface area contributed by atoms with Crippen LogP contribution in [-0.4, -0.2) is 6.61 Å². The summed E-state index contributed by atoms with van der Waals surface area (Å²) in [5.41, 5.74) is 0.0278. The molecule has 7 heteroatoms. The summed E-state index contributed by atoms with van der Waals surface area (Å²) in [5.74, 6) is -1.57. The van der Waals surface area contributed by atoms with E-state index in [4.69, 9.17) is 9.15 Å². The van der Waals surface area contributed by atoms with Crippen LogP contribution in [0.1, 0.15) is 49.8 Å². The van der Waals surface area contributed by atoms with Crippen molar-refractivity contribution in [3.8, 4) is 17.6 Å². The summed E-state index contributed by atoms with van der Waals surface area (Å²) in [5, 5.41) is -1.07. The highest BCUT2D eigenvalue weighted by molar-refractivity contribution is 6.06. The Morgan fingerprint density at radius 2 is 1.44 bits per heavy atom. The average Bonchev–Trinajstić information content (AvgIpc) is 3.18. The van der Waals surface area contributed by atoms with E-state index < -0.39 is 51.2 Å². The van der Waals surface area contributed by atoms with Gasteiger partial charge >= 0.3 is 0 Å². The first kappa shape index (κ1) is 23.6. The van der Waals surface area contributed by atoms with E-state index in [-0.39, 0.29) is 23.3 Å². The van der Waals surface area contributed by atoms with E-state index in [1.807, 2.05) is 0 Å². The largest absolute Gasteiger partial charge is 0.491 e. The molecule has 0 unspecified atom stereocenters. The summed E-state index contributed by atoms with van der Waals surface area (Å²) in [4.78, 5) is 0. The van der Waals surface area contributed by atoms with E-state index in [0.29, 0.717) is 0 Å². The maximum absolute atomic E-state index is 14.9. The van der Waals surface area contributed by atoms with Crippen molar-refractivity contribution in [2.24, 2.45) is 0 Å². The van der Waals surface area contributed by atoms with Gasteiger partial charge in [-0.05, 0) is 37.5 Å². The van der Waals surface area contributed by atoms with Crippen LogP contribution in [-0.2, 0) is 6.42 Å². The molecule has 0 atom stereocenters. The molecule has 0 radical (unpaired) electrons. The van der Waals surface area contributed by atoms with E-state index in [1.54, 1.807) is 13.0 Å². The molecule has 1 heterocycles. The highest BCUT2D eigenvalue weighted by Gasteiger charge is 2.25. The molecule has 0 aliphatic carbocycles. The Labute approximate surface area is 193 Å². The Kier molecular flexibility index (Phi) is 6.78. The predicted octanol–water partition coefficient (Wildman–Crippen LogP) is 7.81. The summed E-state index contributed by atoms with van der Waals surface area (Å²) >= 11 is 0. The quantitative estimate of drug-likeness (QED) is 0.162. The number of hydrogen-bond acceptors (Lipinski definition) is 2. The van der Waals surface area contributed by atoms with E-state index in [9.17, 15) is 22.0 Å². The maximum Gasteiger partial charge on any atom is 0.201 e. The minimum absolute atomic E-state index is 0.0261. The lowest BCUT2D eigenvalue weighted by Crippen LogP contribution is -1.97. The molecule has 0 N–H and O–H groups in total. The second-order valence-electron chi connectivity index (χ2n) is 7.86. The zero-order valence-corrected chi connectivity index (χ0v) is 18.6. The Balaban J connectivity index is 1.76. The molecule has 0 aliphatic rings. The van der Waals surface area contributed by atoms with Gasteiger partial charge in [0.15, 0.2) is 23.2 Å². The maximum atomic E-state index is 14.9. The number of fused-ring (bicyclic) bond motifs is 3. The molecule has 0 bridgehead atoms. The number of halogens is 5. The normalized spacial score (nSPS) is 11.1. The van der Waals surface area contributed by atoms with Crippen LogP contribution in [0.3, 0.4) is 0 Å². The Bertz CT molecular complexity index is 1440. The summed E-state index contributed by atoms with van der Waals surface area (Å²) < 4.78 is 83.5. The summed E-state index contributed by atoms with van der Waals surface area (Å²) in [6.45, 7) is 3.74. The van der Waals surface area contributed by atoms with Crippen LogP contribution in [0.2, 0.25) is 0 Å². The van der Waals surface area contributed by atoms with Crippen molar-refractivity contribution in [1.82, 2.24) is 0 Å². The van der Waals surface area contributed by atoms with Crippen LogP contribution in [0.15, 0.2) is 34.7 Å². The Morgan fingerprint density at radius 1 is 0.765 bits per heavy atom. The highest BCUT2D eigenvalue weighted by atomic mass is 19.2. The molecule has 0 aliphatic heterocycles. The highest BCUT2D eigenvalue weighted by Crippen LogP contribution is 2.38. The number of unbranched alkanes of at least 4 members (excludes halogenated alkanes) is 2. The van der Waals surface area contributed by atoms with Crippen LogP contribution in [0.5, 0.6) is 5.75 Å². The number of benzene rings is 3. The second-order valence-corrected chi connectivity index (χ2v) is 7.86. The van der Waals surface area contributed by atoms with Gasteiger partial charge in [-0.15, -0.1) is 0 Å². The van der Waals surface area contributed by atoms with Crippen molar-refractivity contribution in [2.75, 3.05) is 6.61 Å². The number of ether oxygens (including phenoxy) is 1. The first-order valence-electron chi connectivity index (χ1n) is 11.0. The molecular formula is C27H21F5O2. The van der Waals surface area contributed by atoms with Crippen molar-refractivity contribution in [3.63, 3.8) is 0 Å². The Morgan fingerprint density at radius 3 is 2.12 bits per heavy atom. The number of hydrogen-bond donors (Lipinski definition) is 0. The van der Waals surface area contributed by atoms with Gasteiger partial charge in [0.2, 0.25) is 5.82 Å². The van der Waals surface area contributed by atoms with Crippen molar-refractivity contribution in [3.05, 3.63) is 76.1 Å². The third-order valence-electron chi connectivity index (χ3n) is 5.51. The first-order chi connectivity index (χ1) is 16.3.